The maximum Gasteiger partial charge on any atom is 0.411 e. The molecule has 0 saturated carbocycles. The van der Waals surface area contributed by atoms with E-state index in [1.165, 1.54) is 13.8 Å². The van der Waals surface area contributed by atoms with E-state index < -0.39 is 31.0 Å². The minimum Gasteiger partial charge on any atom is -0.392 e. The fourth-order valence-electron chi connectivity index (χ4n) is 0.908. The van der Waals surface area contributed by atoms with Crippen molar-refractivity contribution in [2.75, 3.05) is 19.8 Å². The van der Waals surface area contributed by atoms with Crippen LogP contribution >= 0.6 is 0 Å². The van der Waals surface area contributed by atoms with Crippen molar-refractivity contribution in [2.45, 2.75) is 32.2 Å². The molecule has 2 amide bonds. The van der Waals surface area contributed by atoms with Gasteiger partial charge in [0, 0.05) is 6.54 Å². The summed E-state index contributed by atoms with van der Waals surface area (Å²) in [5.74, 6) is 0. The third kappa shape index (κ3) is 11.2. The molecule has 0 aromatic rings. The molecule has 0 spiro atoms. The lowest BCUT2D eigenvalue weighted by molar-refractivity contribution is -0.174. The molecule has 8 heteroatoms. The van der Waals surface area contributed by atoms with E-state index in [0.717, 1.165) is 0 Å². The van der Waals surface area contributed by atoms with Crippen molar-refractivity contribution in [3.05, 3.63) is 0 Å². The fourth-order valence-corrected chi connectivity index (χ4v) is 0.908. The van der Waals surface area contributed by atoms with Crippen molar-refractivity contribution in [2.24, 2.45) is 0 Å². The molecule has 0 rings (SSSR count). The van der Waals surface area contributed by atoms with Gasteiger partial charge in [0.2, 0.25) is 0 Å². The number of aliphatic hydroxyl groups excluding tert-OH is 1. The molecule has 0 aromatic carbocycles. The van der Waals surface area contributed by atoms with Crippen molar-refractivity contribution in [1.82, 2.24) is 10.6 Å². The van der Waals surface area contributed by atoms with E-state index in [2.05, 4.69) is 15.4 Å². The average Bonchev–Trinajstić information content (AvgIpc) is 2.12. The van der Waals surface area contributed by atoms with Crippen LogP contribution in [0.1, 0.15) is 13.8 Å². The zero-order chi connectivity index (χ0) is 13.5. The highest BCUT2D eigenvalue weighted by Crippen LogP contribution is 2.14. The van der Waals surface area contributed by atoms with Crippen LogP contribution in [0.5, 0.6) is 0 Å². The van der Waals surface area contributed by atoms with Crippen LogP contribution in [0.3, 0.4) is 0 Å². The number of amides is 2. The Hall–Kier alpha value is -1.02. The van der Waals surface area contributed by atoms with E-state index in [0.29, 0.717) is 0 Å². The molecule has 3 N–H and O–H groups in total. The number of carbonyl (C=O) groups is 1. The van der Waals surface area contributed by atoms with Crippen molar-refractivity contribution < 1.29 is 27.8 Å². The number of halogens is 3. The lowest BCUT2D eigenvalue weighted by Crippen LogP contribution is -2.44. The summed E-state index contributed by atoms with van der Waals surface area (Å²) in [5.41, 5.74) is 0. The van der Waals surface area contributed by atoms with Crippen molar-refractivity contribution in [3.63, 3.8) is 0 Å². The Bertz CT molecular complexity index is 234. The molecule has 0 saturated heterocycles. The van der Waals surface area contributed by atoms with Gasteiger partial charge >= 0.3 is 12.2 Å². The fraction of sp³-hybridized carbons (Fsp3) is 0.889. The first-order chi connectivity index (χ1) is 7.70. The Balaban J connectivity index is 3.64. The second-order valence-corrected chi connectivity index (χ2v) is 3.73. The van der Waals surface area contributed by atoms with Crippen LogP contribution in [0.4, 0.5) is 18.0 Å². The zero-order valence-corrected chi connectivity index (χ0v) is 9.67. The van der Waals surface area contributed by atoms with Crippen LogP contribution in [0.2, 0.25) is 0 Å². The van der Waals surface area contributed by atoms with Gasteiger partial charge in [-0.15, -0.1) is 0 Å². The third-order valence-electron chi connectivity index (χ3n) is 1.57. The predicted molar refractivity (Wildman–Crippen MR) is 54.6 cm³/mol. The summed E-state index contributed by atoms with van der Waals surface area (Å²) in [6.45, 7) is 1.51. The Kier molecular flexibility index (Phi) is 6.89. The van der Waals surface area contributed by atoms with Crippen LogP contribution < -0.4 is 10.6 Å². The first-order valence-corrected chi connectivity index (χ1v) is 5.07. The Labute approximate surface area is 97.3 Å². The summed E-state index contributed by atoms with van der Waals surface area (Å²) in [4.78, 5) is 11.1. The number of ether oxygens (including phenoxy) is 1. The van der Waals surface area contributed by atoms with Crippen LogP contribution in [0.25, 0.3) is 0 Å². The van der Waals surface area contributed by atoms with Gasteiger partial charge in [-0.3, -0.25) is 0 Å². The Morgan fingerprint density at radius 2 is 2.00 bits per heavy atom. The minimum atomic E-state index is -4.37. The summed E-state index contributed by atoms with van der Waals surface area (Å²) in [6, 6.07) is -1.11. The Morgan fingerprint density at radius 1 is 1.41 bits per heavy atom. The number of rotatable bonds is 6. The van der Waals surface area contributed by atoms with Gasteiger partial charge in [-0.25, -0.2) is 4.79 Å². The van der Waals surface area contributed by atoms with Crippen molar-refractivity contribution >= 4 is 6.03 Å². The van der Waals surface area contributed by atoms with Crippen molar-refractivity contribution in [3.8, 4) is 0 Å². The molecule has 5 nitrogen and oxygen atoms in total. The largest absolute Gasteiger partial charge is 0.411 e. The molecule has 0 aliphatic rings. The van der Waals surface area contributed by atoms with Gasteiger partial charge in [-0.05, 0) is 13.8 Å². The summed E-state index contributed by atoms with van der Waals surface area (Å²) < 4.78 is 39.5. The predicted octanol–water partition coefficient (Wildman–Crippen LogP) is 0.634. The van der Waals surface area contributed by atoms with Gasteiger partial charge in [0.05, 0.1) is 18.8 Å². The molecule has 0 aliphatic carbocycles. The number of urea groups is 1. The SMILES string of the molecule is C[C@H](COCC(F)(F)F)NC(=O)NC[C@@H](C)O. The zero-order valence-electron chi connectivity index (χ0n) is 9.67. The van der Waals surface area contributed by atoms with E-state index in [4.69, 9.17) is 5.11 Å². The molecule has 0 fully saturated rings. The molecule has 0 unspecified atom stereocenters. The molecule has 0 bridgehead atoms. The third-order valence-corrected chi connectivity index (χ3v) is 1.57. The molecule has 102 valence electrons. The summed E-state index contributed by atoms with van der Waals surface area (Å²) >= 11 is 0. The van der Waals surface area contributed by atoms with E-state index in [1.54, 1.807) is 0 Å². The van der Waals surface area contributed by atoms with Crippen LogP contribution in [-0.2, 0) is 4.74 Å². The summed E-state index contributed by atoms with van der Waals surface area (Å²) in [5, 5.41) is 13.6. The van der Waals surface area contributed by atoms with Crippen LogP contribution in [0, 0.1) is 0 Å². The lowest BCUT2D eigenvalue weighted by Gasteiger charge is -2.16. The molecule has 17 heavy (non-hydrogen) atoms. The molecule has 0 aromatic heterocycles. The number of alkyl halides is 3. The average molecular weight is 258 g/mol. The molecule has 0 radical (unpaired) electrons. The van der Waals surface area contributed by atoms with Crippen LogP contribution in [-0.4, -0.2) is 49.2 Å². The van der Waals surface area contributed by atoms with Gasteiger partial charge in [0.15, 0.2) is 0 Å². The van der Waals surface area contributed by atoms with E-state index in [9.17, 15) is 18.0 Å². The highest BCUT2D eigenvalue weighted by molar-refractivity contribution is 5.74. The number of hydrogen-bond acceptors (Lipinski definition) is 3. The smallest absolute Gasteiger partial charge is 0.392 e. The maximum absolute atomic E-state index is 11.7. The second-order valence-electron chi connectivity index (χ2n) is 3.73. The minimum absolute atomic E-state index is 0.0714. The molecular formula is C9H17F3N2O3. The highest BCUT2D eigenvalue weighted by Gasteiger charge is 2.27. The standard InChI is InChI=1S/C9H17F3N2O3/c1-6(4-17-5-9(10,11)12)14-8(16)13-3-7(2)15/h6-7,15H,3-5H2,1-2H3,(H2,13,14,16)/t6-,7-/m1/s1. The molecule has 2 atom stereocenters. The quantitative estimate of drug-likeness (QED) is 0.654. The summed E-state index contributed by atoms with van der Waals surface area (Å²) in [6.07, 6.45) is -5.05. The first kappa shape index (κ1) is 16.0. The lowest BCUT2D eigenvalue weighted by atomic mass is 10.3. The van der Waals surface area contributed by atoms with E-state index >= 15 is 0 Å². The van der Waals surface area contributed by atoms with E-state index in [1.807, 2.05) is 0 Å². The number of hydrogen-bond donors (Lipinski definition) is 3. The topological polar surface area (TPSA) is 70.6 Å². The highest BCUT2D eigenvalue weighted by atomic mass is 19.4. The molecule has 0 heterocycles. The summed E-state index contributed by atoms with van der Waals surface area (Å²) in [7, 11) is 0. The van der Waals surface area contributed by atoms with Crippen molar-refractivity contribution in [1.29, 1.82) is 0 Å². The number of nitrogens with one attached hydrogen (secondary N) is 2. The van der Waals surface area contributed by atoms with E-state index in [-0.39, 0.29) is 13.2 Å². The molecular weight excluding hydrogens is 241 g/mol. The van der Waals surface area contributed by atoms with Gasteiger partial charge < -0.3 is 20.5 Å². The number of aliphatic hydroxyl groups is 1. The van der Waals surface area contributed by atoms with Crippen LogP contribution in [0.15, 0.2) is 0 Å². The number of carbonyl (C=O) groups excluding carboxylic acids is 1. The second kappa shape index (κ2) is 7.33. The van der Waals surface area contributed by atoms with Gasteiger partial charge in [-0.2, -0.15) is 13.2 Å². The molecule has 0 aliphatic heterocycles. The monoisotopic (exact) mass is 258 g/mol. The van der Waals surface area contributed by atoms with Gasteiger partial charge in [-0.1, -0.05) is 0 Å². The normalized spacial score (nSPS) is 15.2. The van der Waals surface area contributed by atoms with Gasteiger partial charge in [0.25, 0.3) is 0 Å². The maximum atomic E-state index is 11.7. The Morgan fingerprint density at radius 3 is 2.47 bits per heavy atom. The van der Waals surface area contributed by atoms with Gasteiger partial charge in [0.1, 0.15) is 6.61 Å². The first-order valence-electron chi connectivity index (χ1n) is 5.07.